The molecule has 1 aliphatic rings. The number of rotatable bonds is 7. The number of methoxy groups -OCH3 is 1. The van der Waals surface area contributed by atoms with Crippen molar-refractivity contribution in [3.63, 3.8) is 0 Å². The minimum absolute atomic E-state index is 0.00225. The van der Waals surface area contributed by atoms with Gasteiger partial charge in [0.15, 0.2) is 9.84 Å². The first-order chi connectivity index (χ1) is 7.43. The van der Waals surface area contributed by atoms with E-state index < -0.39 is 9.84 Å². The lowest BCUT2D eigenvalue weighted by molar-refractivity contribution is -0.0703. The average molecular weight is 249 g/mol. The van der Waals surface area contributed by atoms with E-state index in [-0.39, 0.29) is 23.1 Å². The lowest BCUT2D eigenvalue weighted by Crippen LogP contribution is -2.50. The zero-order valence-corrected chi connectivity index (χ0v) is 11.3. The Bertz CT molecular complexity index is 304. The van der Waals surface area contributed by atoms with Crippen LogP contribution in [0.4, 0.5) is 0 Å². The van der Waals surface area contributed by atoms with Crippen molar-refractivity contribution in [2.45, 2.75) is 44.8 Å². The maximum Gasteiger partial charge on any atom is 0.151 e. The van der Waals surface area contributed by atoms with Crippen LogP contribution in [0, 0.1) is 0 Å². The molecule has 1 unspecified atom stereocenters. The highest BCUT2D eigenvalue weighted by Crippen LogP contribution is 2.34. The van der Waals surface area contributed by atoms with Crippen molar-refractivity contribution in [2.75, 3.05) is 25.2 Å². The number of nitrogens with one attached hydrogen (secondary N) is 1. The molecule has 5 heteroatoms. The Kier molecular flexibility index (Phi) is 4.76. The molecule has 1 N–H and O–H groups in total. The molecule has 0 spiro atoms. The van der Waals surface area contributed by atoms with Gasteiger partial charge in [0.05, 0.1) is 11.4 Å². The molecule has 0 heterocycles. The second-order valence-electron chi connectivity index (χ2n) is 4.72. The fourth-order valence-electron chi connectivity index (χ4n) is 1.94. The van der Waals surface area contributed by atoms with E-state index in [0.717, 1.165) is 19.4 Å². The summed E-state index contributed by atoms with van der Waals surface area (Å²) in [5.74, 6) is 0.428. The van der Waals surface area contributed by atoms with Crippen molar-refractivity contribution in [3.05, 3.63) is 0 Å². The normalized spacial score (nSPS) is 21.4. The molecule has 1 fully saturated rings. The van der Waals surface area contributed by atoms with Gasteiger partial charge in [-0.05, 0) is 26.2 Å². The largest absolute Gasteiger partial charge is 0.377 e. The van der Waals surface area contributed by atoms with Crippen LogP contribution in [-0.2, 0) is 14.6 Å². The molecule has 0 aromatic carbocycles. The van der Waals surface area contributed by atoms with Gasteiger partial charge in [-0.25, -0.2) is 8.42 Å². The zero-order chi connectivity index (χ0) is 12.2. The Hall–Kier alpha value is -0.130. The summed E-state index contributed by atoms with van der Waals surface area (Å²) in [4.78, 5) is 0. The van der Waals surface area contributed by atoms with Gasteiger partial charge in [-0.15, -0.1) is 0 Å². The SMILES string of the molecule is CCS(=O)(=O)CC(C)NCC1(OC)CCC1. The van der Waals surface area contributed by atoms with Crippen LogP contribution in [0.1, 0.15) is 33.1 Å². The molecule has 1 rings (SSSR count). The first kappa shape index (κ1) is 13.9. The zero-order valence-electron chi connectivity index (χ0n) is 10.5. The van der Waals surface area contributed by atoms with E-state index in [1.54, 1.807) is 14.0 Å². The lowest BCUT2D eigenvalue weighted by atomic mass is 9.80. The molecule has 0 amide bonds. The maximum atomic E-state index is 11.4. The van der Waals surface area contributed by atoms with Gasteiger partial charge in [-0.2, -0.15) is 0 Å². The summed E-state index contributed by atoms with van der Waals surface area (Å²) in [5.41, 5.74) is -0.0375. The van der Waals surface area contributed by atoms with E-state index in [4.69, 9.17) is 4.74 Å². The van der Waals surface area contributed by atoms with Crippen molar-refractivity contribution in [1.29, 1.82) is 0 Å². The summed E-state index contributed by atoms with van der Waals surface area (Å²) in [6.07, 6.45) is 3.35. The van der Waals surface area contributed by atoms with Gasteiger partial charge in [0.1, 0.15) is 0 Å². The molecule has 0 aromatic heterocycles. The standard InChI is InChI=1S/C11H23NO3S/c1-4-16(13,14)8-10(2)12-9-11(15-3)6-5-7-11/h10,12H,4-9H2,1-3H3. The second kappa shape index (κ2) is 5.47. The maximum absolute atomic E-state index is 11.4. The highest BCUT2D eigenvalue weighted by atomic mass is 32.2. The molecule has 4 nitrogen and oxygen atoms in total. The van der Waals surface area contributed by atoms with E-state index in [1.807, 2.05) is 6.92 Å². The Labute approximate surface area is 98.7 Å². The lowest BCUT2D eigenvalue weighted by Gasteiger charge is -2.41. The number of hydrogen-bond acceptors (Lipinski definition) is 4. The summed E-state index contributed by atoms with van der Waals surface area (Å²) in [5, 5.41) is 3.26. The van der Waals surface area contributed by atoms with Crippen LogP contribution in [0.5, 0.6) is 0 Å². The molecular weight excluding hydrogens is 226 g/mol. The molecule has 0 radical (unpaired) electrons. The quantitative estimate of drug-likeness (QED) is 0.730. The smallest absolute Gasteiger partial charge is 0.151 e. The highest BCUT2D eigenvalue weighted by molar-refractivity contribution is 7.91. The molecular formula is C11H23NO3S. The molecule has 0 bridgehead atoms. The first-order valence-electron chi connectivity index (χ1n) is 5.92. The van der Waals surface area contributed by atoms with Crippen molar-refractivity contribution >= 4 is 9.84 Å². The number of sulfone groups is 1. The van der Waals surface area contributed by atoms with Crippen LogP contribution < -0.4 is 5.32 Å². The van der Waals surface area contributed by atoms with E-state index in [1.165, 1.54) is 6.42 Å². The number of ether oxygens (including phenoxy) is 1. The van der Waals surface area contributed by atoms with Crippen LogP contribution in [0.15, 0.2) is 0 Å². The van der Waals surface area contributed by atoms with Crippen LogP contribution in [0.3, 0.4) is 0 Å². The van der Waals surface area contributed by atoms with Gasteiger partial charge < -0.3 is 10.1 Å². The van der Waals surface area contributed by atoms with Gasteiger partial charge in [0, 0.05) is 25.4 Å². The molecule has 0 saturated heterocycles. The topological polar surface area (TPSA) is 55.4 Å². The summed E-state index contributed by atoms with van der Waals surface area (Å²) < 4.78 is 28.3. The Morgan fingerprint density at radius 3 is 2.44 bits per heavy atom. The van der Waals surface area contributed by atoms with Gasteiger partial charge in [0.2, 0.25) is 0 Å². The predicted octanol–water partition coefficient (Wildman–Crippen LogP) is 0.968. The highest BCUT2D eigenvalue weighted by Gasteiger charge is 2.36. The molecule has 1 aliphatic carbocycles. The third-order valence-corrected chi connectivity index (χ3v) is 5.30. The van der Waals surface area contributed by atoms with E-state index >= 15 is 0 Å². The van der Waals surface area contributed by atoms with Crippen molar-refractivity contribution in [2.24, 2.45) is 0 Å². The molecule has 1 saturated carbocycles. The summed E-state index contributed by atoms with van der Waals surface area (Å²) in [6.45, 7) is 4.35. The van der Waals surface area contributed by atoms with Crippen molar-refractivity contribution < 1.29 is 13.2 Å². The molecule has 16 heavy (non-hydrogen) atoms. The second-order valence-corrected chi connectivity index (χ2v) is 7.12. The Morgan fingerprint density at radius 2 is 2.06 bits per heavy atom. The molecule has 1 atom stereocenters. The first-order valence-corrected chi connectivity index (χ1v) is 7.74. The monoisotopic (exact) mass is 249 g/mol. The Balaban J connectivity index is 2.32. The fourth-order valence-corrected chi connectivity index (χ4v) is 3.06. The average Bonchev–Trinajstić information content (AvgIpc) is 2.16. The minimum atomic E-state index is -2.89. The van der Waals surface area contributed by atoms with Crippen molar-refractivity contribution in [3.8, 4) is 0 Å². The summed E-state index contributed by atoms with van der Waals surface area (Å²) >= 11 is 0. The van der Waals surface area contributed by atoms with Gasteiger partial charge in [0.25, 0.3) is 0 Å². The van der Waals surface area contributed by atoms with Crippen LogP contribution in [-0.4, -0.2) is 45.2 Å². The van der Waals surface area contributed by atoms with E-state index in [0.29, 0.717) is 0 Å². The van der Waals surface area contributed by atoms with Gasteiger partial charge in [-0.3, -0.25) is 0 Å². The molecule has 96 valence electrons. The van der Waals surface area contributed by atoms with Gasteiger partial charge >= 0.3 is 0 Å². The summed E-state index contributed by atoms with van der Waals surface area (Å²) in [6, 6.07) is -0.00225. The van der Waals surface area contributed by atoms with Crippen LogP contribution >= 0.6 is 0 Å². The summed E-state index contributed by atoms with van der Waals surface area (Å²) in [7, 11) is -1.15. The molecule has 0 aliphatic heterocycles. The predicted molar refractivity (Wildman–Crippen MR) is 65.4 cm³/mol. The van der Waals surface area contributed by atoms with E-state index in [9.17, 15) is 8.42 Å². The van der Waals surface area contributed by atoms with Crippen LogP contribution in [0.25, 0.3) is 0 Å². The third-order valence-electron chi connectivity index (χ3n) is 3.41. The van der Waals surface area contributed by atoms with Gasteiger partial charge in [-0.1, -0.05) is 6.92 Å². The third kappa shape index (κ3) is 3.71. The number of hydrogen-bond donors (Lipinski definition) is 1. The Morgan fingerprint density at radius 1 is 1.44 bits per heavy atom. The fraction of sp³-hybridized carbons (Fsp3) is 1.00. The van der Waals surface area contributed by atoms with Crippen molar-refractivity contribution in [1.82, 2.24) is 5.32 Å². The molecule has 0 aromatic rings. The van der Waals surface area contributed by atoms with E-state index in [2.05, 4.69) is 5.32 Å². The van der Waals surface area contributed by atoms with Crippen LogP contribution in [0.2, 0.25) is 0 Å². The minimum Gasteiger partial charge on any atom is -0.377 e.